The average molecular weight is 197 g/mol. The molecule has 1 spiro atoms. The Bertz CT molecular complexity index is 225. The van der Waals surface area contributed by atoms with E-state index >= 15 is 0 Å². The van der Waals surface area contributed by atoms with Crippen molar-refractivity contribution in [2.75, 3.05) is 6.54 Å². The molecule has 1 saturated carbocycles. The molecule has 3 fully saturated rings. The quantitative estimate of drug-likeness (QED) is 0.638. The fraction of sp³-hybridized carbons (Fsp3) is 1.00. The molecule has 0 radical (unpaired) electrons. The Morgan fingerprint density at radius 3 is 2.71 bits per heavy atom. The standard InChI is InChI=1S/C11H19NO2/c13-9-4-7-12-11(8-10(9)14-12)5-2-1-3-6-11/h9-10,13H,1-8H2/t9-,10+/m1/s1. The molecule has 2 aliphatic heterocycles. The lowest BCUT2D eigenvalue weighted by Gasteiger charge is -2.39. The molecule has 1 unspecified atom stereocenters. The van der Waals surface area contributed by atoms with E-state index in [4.69, 9.17) is 4.84 Å². The zero-order valence-electron chi connectivity index (χ0n) is 8.61. The second-order valence-electron chi connectivity index (χ2n) is 5.09. The lowest BCUT2D eigenvalue weighted by Crippen LogP contribution is -2.46. The van der Waals surface area contributed by atoms with Gasteiger partial charge in [0.25, 0.3) is 0 Å². The van der Waals surface area contributed by atoms with E-state index in [0.717, 1.165) is 19.4 Å². The molecule has 0 amide bonds. The molecule has 14 heavy (non-hydrogen) atoms. The zero-order chi connectivity index (χ0) is 9.60. The molecular weight excluding hydrogens is 178 g/mol. The van der Waals surface area contributed by atoms with Crippen LogP contribution in [-0.4, -0.2) is 34.5 Å². The SMILES string of the molecule is O[C@@H]1CCN2O[C@H]1CC21CCCCC1. The molecule has 3 heteroatoms. The van der Waals surface area contributed by atoms with Gasteiger partial charge in [-0.15, -0.1) is 0 Å². The molecule has 2 saturated heterocycles. The van der Waals surface area contributed by atoms with Crippen molar-refractivity contribution in [2.24, 2.45) is 0 Å². The highest BCUT2D eigenvalue weighted by Gasteiger charge is 2.51. The van der Waals surface area contributed by atoms with Crippen molar-refractivity contribution in [3.05, 3.63) is 0 Å². The third-order valence-corrected chi connectivity index (χ3v) is 4.21. The van der Waals surface area contributed by atoms with Crippen LogP contribution >= 0.6 is 0 Å². The lowest BCUT2D eigenvalue weighted by molar-refractivity contribution is -0.237. The smallest absolute Gasteiger partial charge is 0.107 e. The number of hydroxylamine groups is 2. The lowest BCUT2D eigenvalue weighted by atomic mass is 9.78. The highest BCUT2D eigenvalue weighted by Crippen LogP contribution is 2.46. The normalized spacial score (nSPS) is 45.6. The Kier molecular flexibility index (Phi) is 2.08. The molecule has 3 atom stereocenters. The Labute approximate surface area is 85.0 Å². The molecule has 3 rings (SSSR count). The van der Waals surface area contributed by atoms with Gasteiger partial charge in [-0.25, -0.2) is 0 Å². The first-order valence-electron chi connectivity index (χ1n) is 5.93. The first kappa shape index (κ1) is 9.13. The largest absolute Gasteiger partial charge is 0.390 e. The van der Waals surface area contributed by atoms with Crippen molar-refractivity contribution in [1.29, 1.82) is 0 Å². The molecule has 1 aliphatic carbocycles. The van der Waals surface area contributed by atoms with Gasteiger partial charge in [-0.3, -0.25) is 4.84 Å². The fourth-order valence-electron chi connectivity index (χ4n) is 3.38. The highest BCUT2D eigenvalue weighted by molar-refractivity contribution is 5.00. The van der Waals surface area contributed by atoms with Gasteiger partial charge in [0.05, 0.1) is 6.10 Å². The van der Waals surface area contributed by atoms with Crippen molar-refractivity contribution < 1.29 is 9.94 Å². The average Bonchev–Trinajstić information content (AvgIpc) is 2.49. The molecule has 3 aliphatic rings. The van der Waals surface area contributed by atoms with E-state index in [1.807, 2.05) is 0 Å². The molecule has 80 valence electrons. The van der Waals surface area contributed by atoms with Crippen LogP contribution in [0.1, 0.15) is 44.9 Å². The van der Waals surface area contributed by atoms with Crippen molar-refractivity contribution in [1.82, 2.24) is 5.06 Å². The zero-order valence-corrected chi connectivity index (χ0v) is 8.61. The van der Waals surface area contributed by atoms with Gasteiger partial charge in [0.1, 0.15) is 6.10 Å². The monoisotopic (exact) mass is 197 g/mol. The summed E-state index contributed by atoms with van der Waals surface area (Å²) < 4.78 is 0. The van der Waals surface area contributed by atoms with Crippen LogP contribution in [0.4, 0.5) is 0 Å². The van der Waals surface area contributed by atoms with E-state index in [9.17, 15) is 5.11 Å². The second-order valence-corrected chi connectivity index (χ2v) is 5.09. The summed E-state index contributed by atoms with van der Waals surface area (Å²) in [5.41, 5.74) is 0.306. The minimum Gasteiger partial charge on any atom is -0.390 e. The van der Waals surface area contributed by atoms with E-state index in [2.05, 4.69) is 5.06 Å². The third-order valence-electron chi connectivity index (χ3n) is 4.21. The van der Waals surface area contributed by atoms with Crippen molar-refractivity contribution in [3.8, 4) is 0 Å². The van der Waals surface area contributed by atoms with Crippen molar-refractivity contribution in [3.63, 3.8) is 0 Å². The Balaban J connectivity index is 1.81. The summed E-state index contributed by atoms with van der Waals surface area (Å²) in [5, 5.41) is 12.0. The van der Waals surface area contributed by atoms with Gasteiger partial charge < -0.3 is 5.11 Å². The minimum absolute atomic E-state index is 0.0989. The number of aliphatic hydroxyl groups is 1. The topological polar surface area (TPSA) is 32.7 Å². The number of nitrogens with zero attached hydrogens (tertiary/aromatic N) is 1. The number of hydrogen-bond donors (Lipinski definition) is 1. The number of hydrogen-bond acceptors (Lipinski definition) is 3. The van der Waals surface area contributed by atoms with Crippen LogP contribution in [0.3, 0.4) is 0 Å². The van der Waals surface area contributed by atoms with E-state index < -0.39 is 0 Å². The predicted octanol–water partition coefficient (Wildman–Crippen LogP) is 1.46. The molecule has 3 nitrogen and oxygen atoms in total. The van der Waals surface area contributed by atoms with Gasteiger partial charge in [0.15, 0.2) is 0 Å². The molecule has 0 aromatic rings. The van der Waals surface area contributed by atoms with E-state index in [1.54, 1.807) is 0 Å². The molecule has 0 aromatic carbocycles. The van der Waals surface area contributed by atoms with Gasteiger partial charge in [-0.2, -0.15) is 5.06 Å². The van der Waals surface area contributed by atoms with Crippen molar-refractivity contribution >= 4 is 0 Å². The fourth-order valence-corrected chi connectivity index (χ4v) is 3.38. The summed E-state index contributed by atoms with van der Waals surface area (Å²) >= 11 is 0. The van der Waals surface area contributed by atoms with Crippen LogP contribution in [0.2, 0.25) is 0 Å². The first-order valence-corrected chi connectivity index (χ1v) is 5.93. The minimum atomic E-state index is -0.215. The summed E-state index contributed by atoms with van der Waals surface area (Å²) in [7, 11) is 0. The summed E-state index contributed by atoms with van der Waals surface area (Å²) in [5.74, 6) is 0. The maximum absolute atomic E-state index is 9.76. The Morgan fingerprint density at radius 2 is 2.00 bits per heavy atom. The Morgan fingerprint density at radius 1 is 1.21 bits per heavy atom. The maximum atomic E-state index is 9.76. The van der Waals surface area contributed by atoms with Crippen LogP contribution in [0.25, 0.3) is 0 Å². The van der Waals surface area contributed by atoms with Gasteiger partial charge in [0, 0.05) is 12.1 Å². The predicted molar refractivity (Wildman–Crippen MR) is 52.6 cm³/mol. The third kappa shape index (κ3) is 1.23. The summed E-state index contributed by atoms with van der Waals surface area (Å²) in [6.07, 6.45) is 8.44. The summed E-state index contributed by atoms with van der Waals surface area (Å²) in [6, 6.07) is 0. The van der Waals surface area contributed by atoms with Crippen LogP contribution in [0.5, 0.6) is 0 Å². The Hall–Kier alpha value is -0.120. The second kappa shape index (κ2) is 3.19. The summed E-state index contributed by atoms with van der Waals surface area (Å²) in [4.78, 5) is 5.79. The van der Waals surface area contributed by atoms with Gasteiger partial charge in [0.2, 0.25) is 0 Å². The summed E-state index contributed by atoms with van der Waals surface area (Å²) in [6.45, 7) is 0.928. The first-order chi connectivity index (χ1) is 6.80. The maximum Gasteiger partial charge on any atom is 0.107 e. The molecule has 2 heterocycles. The van der Waals surface area contributed by atoms with Gasteiger partial charge in [-0.1, -0.05) is 19.3 Å². The van der Waals surface area contributed by atoms with E-state index in [1.165, 1.54) is 32.1 Å². The number of rotatable bonds is 0. The van der Waals surface area contributed by atoms with E-state index in [-0.39, 0.29) is 12.2 Å². The van der Waals surface area contributed by atoms with Gasteiger partial charge >= 0.3 is 0 Å². The highest BCUT2D eigenvalue weighted by atomic mass is 16.7. The molecule has 1 N–H and O–H groups in total. The van der Waals surface area contributed by atoms with Crippen LogP contribution < -0.4 is 0 Å². The molecule has 0 aromatic heterocycles. The van der Waals surface area contributed by atoms with E-state index in [0.29, 0.717) is 5.54 Å². The molecule has 2 bridgehead atoms. The number of aliphatic hydroxyl groups excluding tert-OH is 1. The van der Waals surface area contributed by atoms with Crippen LogP contribution in [0.15, 0.2) is 0 Å². The molecular formula is C11H19NO2. The number of fused-ring (bicyclic) bond motifs is 3. The van der Waals surface area contributed by atoms with Crippen LogP contribution in [0, 0.1) is 0 Å². The van der Waals surface area contributed by atoms with Gasteiger partial charge in [-0.05, 0) is 25.7 Å². The van der Waals surface area contributed by atoms with Crippen molar-refractivity contribution in [2.45, 2.75) is 62.7 Å². The van der Waals surface area contributed by atoms with Crippen LogP contribution in [-0.2, 0) is 4.84 Å².